The number of hydrogen-bond acceptors (Lipinski definition) is 10. The number of aryl methyl sites for hydroxylation is 1. The number of methoxy groups -OCH3 is 1. The highest BCUT2D eigenvalue weighted by atomic mass is 31.2. The highest BCUT2D eigenvalue weighted by Gasteiger charge is 2.36. The molecule has 0 radical (unpaired) electrons. The number of hydrogen-bond donors (Lipinski definition) is 2. The number of benzene rings is 2. The number of esters is 1. The van der Waals surface area contributed by atoms with Crippen molar-refractivity contribution in [1.29, 1.82) is 0 Å². The molecule has 0 amide bonds. The maximum Gasteiger partial charge on any atom is 0.459 e. The summed E-state index contributed by atoms with van der Waals surface area (Å²) in [5, 5.41) is 2.58. The summed E-state index contributed by atoms with van der Waals surface area (Å²) in [6.07, 6.45) is -0.524. The minimum Gasteiger partial charge on any atom is -0.497 e. The molecule has 1 unspecified atom stereocenters. The molecule has 0 bridgehead atoms. The Hall–Kier alpha value is -3.74. The summed E-state index contributed by atoms with van der Waals surface area (Å²) in [5.41, 5.74) is -0.852. The molecule has 4 atom stereocenters. The average Bonchev–Trinajstić information content (AvgIpc) is 3.39. The van der Waals surface area contributed by atoms with Gasteiger partial charge in [-0.1, -0.05) is 18.2 Å². The molecule has 0 saturated carbocycles. The number of nitrogens with zero attached hydrogens (tertiary/aromatic N) is 1. The van der Waals surface area contributed by atoms with Crippen LogP contribution in [0.15, 0.2) is 70.4 Å². The monoisotopic (exact) mass is 561 g/mol. The quantitative estimate of drug-likeness (QED) is 0.201. The van der Waals surface area contributed by atoms with Gasteiger partial charge in [-0.2, -0.15) is 5.09 Å². The molecule has 2 N–H and O–H groups in total. The van der Waals surface area contributed by atoms with Crippen molar-refractivity contribution in [3.63, 3.8) is 0 Å². The largest absolute Gasteiger partial charge is 0.497 e. The van der Waals surface area contributed by atoms with Crippen LogP contribution in [0.2, 0.25) is 0 Å². The second kappa shape index (κ2) is 12.4. The van der Waals surface area contributed by atoms with Gasteiger partial charge in [0, 0.05) is 11.8 Å². The van der Waals surface area contributed by atoms with Crippen LogP contribution < -0.4 is 30.3 Å². The predicted octanol–water partition coefficient (Wildman–Crippen LogP) is 2.51. The number of ether oxygens (including phenoxy) is 4. The second-order valence-corrected chi connectivity index (χ2v) is 10.2. The van der Waals surface area contributed by atoms with E-state index in [1.807, 2.05) is 0 Å². The molecule has 1 aliphatic heterocycles. The number of rotatable bonds is 11. The molecule has 208 valence electrons. The zero-order valence-corrected chi connectivity index (χ0v) is 22.3. The maximum absolute atomic E-state index is 13.7. The number of nitrogens with one attached hydrogen (secondary N) is 2. The first-order valence-corrected chi connectivity index (χ1v) is 13.4. The van der Waals surface area contributed by atoms with E-state index in [4.69, 9.17) is 28.0 Å². The third-order valence-corrected chi connectivity index (χ3v) is 7.17. The summed E-state index contributed by atoms with van der Waals surface area (Å²) in [7, 11) is -2.71. The Bertz CT molecular complexity index is 1440. The summed E-state index contributed by atoms with van der Waals surface area (Å²) >= 11 is 0. The van der Waals surface area contributed by atoms with E-state index in [0.717, 1.165) is 0 Å². The van der Waals surface area contributed by atoms with Crippen LogP contribution in [0.4, 0.5) is 0 Å². The Balaban J connectivity index is 1.45. The smallest absolute Gasteiger partial charge is 0.459 e. The Labute approximate surface area is 223 Å². The van der Waals surface area contributed by atoms with E-state index in [-0.39, 0.29) is 19.0 Å². The lowest BCUT2D eigenvalue weighted by molar-refractivity contribution is -0.136. The van der Waals surface area contributed by atoms with Crippen LogP contribution in [0.1, 0.15) is 18.7 Å². The van der Waals surface area contributed by atoms with E-state index in [1.165, 1.54) is 36.9 Å². The van der Waals surface area contributed by atoms with Crippen LogP contribution in [-0.4, -0.2) is 48.2 Å². The summed E-state index contributed by atoms with van der Waals surface area (Å²) < 4.78 is 47.9. The Morgan fingerprint density at radius 1 is 1.13 bits per heavy atom. The summed E-state index contributed by atoms with van der Waals surface area (Å²) in [4.78, 5) is 38.7. The topological polar surface area (TPSA) is 156 Å². The first-order chi connectivity index (χ1) is 18.7. The van der Waals surface area contributed by atoms with Gasteiger partial charge in [0.2, 0.25) is 0 Å². The van der Waals surface area contributed by atoms with Crippen LogP contribution in [0, 0.1) is 6.92 Å². The molecular formula is C25H28N3O10P. The van der Waals surface area contributed by atoms with Crippen molar-refractivity contribution in [2.45, 2.75) is 32.4 Å². The number of carbonyl (C=O) groups is 1. The van der Waals surface area contributed by atoms with Crippen LogP contribution >= 0.6 is 7.75 Å². The molecule has 1 aliphatic rings. The number of H-pyrrole nitrogens is 1. The highest BCUT2D eigenvalue weighted by molar-refractivity contribution is 7.52. The third kappa shape index (κ3) is 7.43. The van der Waals surface area contributed by atoms with Crippen molar-refractivity contribution in [2.75, 3.05) is 20.3 Å². The minimum atomic E-state index is -4.22. The number of para-hydroxylation sites is 1. The molecule has 13 nitrogen and oxygen atoms in total. The predicted molar refractivity (Wildman–Crippen MR) is 138 cm³/mol. The van der Waals surface area contributed by atoms with Gasteiger partial charge < -0.3 is 23.5 Å². The average molecular weight is 561 g/mol. The molecule has 3 aromatic rings. The third-order valence-electron chi connectivity index (χ3n) is 5.52. The molecule has 2 aromatic carbocycles. The van der Waals surface area contributed by atoms with Crippen LogP contribution in [0.25, 0.3) is 0 Å². The van der Waals surface area contributed by atoms with Crippen LogP contribution in [0.3, 0.4) is 0 Å². The van der Waals surface area contributed by atoms with Gasteiger partial charge in [0.25, 0.3) is 5.56 Å². The zero-order valence-electron chi connectivity index (χ0n) is 21.4. The molecule has 2 heterocycles. The Morgan fingerprint density at radius 3 is 2.51 bits per heavy atom. The lowest BCUT2D eigenvalue weighted by Crippen LogP contribution is -2.37. The van der Waals surface area contributed by atoms with Gasteiger partial charge in [0.1, 0.15) is 29.9 Å². The van der Waals surface area contributed by atoms with Crippen molar-refractivity contribution in [1.82, 2.24) is 14.6 Å². The molecule has 0 spiro atoms. The van der Waals surface area contributed by atoms with Gasteiger partial charge in [-0.05, 0) is 50.2 Å². The lowest BCUT2D eigenvalue weighted by atomic mass is 10.3. The summed E-state index contributed by atoms with van der Waals surface area (Å²) in [6, 6.07) is 13.5. The molecule has 1 aromatic heterocycles. The molecule has 0 aliphatic carbocycles. The van der Waals surface area contributed by atoms with E-state index < -0.39 is 43.5 Å². The fraction of sp³-hybridized carbons (Fsp3) is 0.320. The molecule has 1 saturated heterocycles. The van der Waals surface area contributed by atoms with Gasteiger partial charge >= 0.3 is 19.4 Å². The summed E-state index contributed by atoms with van der Waals surface area (Å²) in [6.45, 7) is 2.58. The molecule has 14 heteroatoms. The highest BCUT2D eigenvalue weighted by Crippen LogP contribution is 2.45. The van der Waals surface area contributed by atoms with Crippen molar-refractivity contribution >= 4 is 13.7 Å². The molecule has 1 fully saturated rings. The molecule has 4 rings (SSSR count). The van der Waals surface area contributed by atoms with E-state index in [9.17, 15) is 18.9 Å². The van der Waals surface area contributed by atoms with E-state index in [0.29, 0.717) is 17.1 Å². The van der Waals surface area contributed by atoms with Gasteiger partial charge in [0.15, 0.2) is 12.5 Å². The second-order valence-electron chi connectivity index (χ2n) is 8.48. The fourth-order valence-electron chi connectivity index (χ4n) is 3.48. The number of carbonyl (C=O) groups excluding carboxylic acids is 1. The van der Waals surface area contributed by atoms with Crippen LogP contribution in [0.5, 0.6) is 17.2 Å². The normalized spacial score (nSPS) is 19.2. The van der Waals surface area contributed by atoms with Crippen LogP contribution in [-0.2, 0) is 23.4 Å². The zero-order chi connectivity index (χ0) is 28.0. The summed E-state index contributed by atoms with van der Waals surface area (Å²) in [5.74, 6) is 0.327. The standard InChI is InChI=1S/C25H28N3O10P/c1-16-13-28(25(31)26-23(16)29)21-14-34-22(37-21)15-35-39(32,38-20-11-9-18(33-3)10-12-20)27-17(2)24(30)36-19-7-5-4-6-8-19/h4-13,17,21-22H,14-15H2,1-3H3,(H,27,32)(H,26,29,31)/t17-,21+,22+,39?/m0/s1. The Morgan fingerprint density at radius 2 is 1.82 bits per heavy atom. The minimum absolute atomic E-state index is 0.0315. The maximum atomic E-state index is 13.7. The van der Waals surface area contributed by atoms with E-state index in [1.54, 1.807) is 49.4 Å². The lowest BCUT2D eigenvalue weighted by Gasteiger charge is -2.24. The SMILES string of the molecule is COc1ccc(OP(=O)(N[C@@H](C)C(=O)Oc2ccccc2)OC[C@@H]2OC[C@H](n3cc(C)c(=O)[nH]c3=O)O2)cc1. The Kier molecular flexibility index (Phi) is 9.00. The van der Waals surface area contributed by atoms with Gasteiger partial charge in [-0.3, -0.25) is 18.9 Å². The van der Waals surface area contributed by atoms with Crippen molar-refractivity contribution < 1.29 is 37.4 Å². The van der Waals surface area contributed by atoms with Gasteiger partial charge in [0.05, 0.1) is 13.7 Å². The van der Waals surface area contributed by atoms with Crippen molar-refractivity contribution in [2.24, 2.45) is 0 Å². The van der Waals surface area contributed by atoms with E-state index >= 15 is 0 Å². The first-order valence-electron chi connectivity index (χ1n) is 11.9. The number of aromatic nitrogens is 2. The molecule has 39 heavy (non-hydrogen) atoms. The first kappa shape index (κ1) is 28.3. The van der Waals surface area contributed by atoms with Crippen molar-refractivity contribution in [3.05, 3.63) is 87.2 Å². The van der Waals surface area contributed by atoms with Gasteiger partial charge in [-0.25, -0.2) is 14.2 Å². The fourth-order valence-corrected chi connectivity index (χ4v) is 4.96. The van der Waals surface area contributed by atoms with Crippen molar-refractivity contribution in [3.8, 4) is 17.2 Å². The van der Waals surface area contributed by atoms with Gasteiger partial charge in [-0.15, -0.1) is 0 Å². The molecular weight excluding hydrogens is 533 g/mol. The number of aromatic amines is 1. The van der Waals surface area contributed by atoms with E-state index in [2.05, 4.69) is 10.1 Å².